The number of amides is 1. The molecule has 0 saturated heterocycles. The van der Waals surface area contributed by atoms with E-state index in [0.717, 1.165) is 5.56 Å². The fourth-order valence-electron chi connectivity index (χ4n) is 2.82. The summed E-state index contributed by atoms with van der Waals surface area (Å²) in [4.78, 5) is 25.5. The number of hydrogen-bond acceptors (Lipinski definition) is 4. The normalized spacial score (nSPS) is 11.6. The standard InChI is InChI=1S/C21H17ClN6O/c1-13-5-6-14(20(23)27-18-8-7-15(22)11-24-18)10-16(13)26-21(29)17-12-25-19-4-2-3-9-28(17)19/h2-12H,1H3,(H,26,29)(H2,23,24,27). The molecular weight excluding hydrogens is 388 g/mol. The summed E-state index contributed by atoms with van der Waals surface area (Å²) in [5.41, 5.74) is 9.48. The minimum absolute atomic E-state index is 0.265. The Bertz CT molecular complexity index is 1230. The van der Waals surface area contributed by atoms with Crippen molar-refractivity contribution in [1.82, 2.24) is 14.4 Å². The fraction of sp³-hybridized carbons (Fsp3) is 0.0476. The molecule has 0 unspecified atom stereocenters. The van der Waals surface area contributed by atoms with Crippen LogP contribution in [0.15, 0.2) is 72.1 Å². The van der Waals surface area contributed by atoms with Crippen LogP contribution in [0.3, 0.4) is 0 Å². The first-order valence-corrected chi connectivity index (χ1v) is 9.19. The number of rotatable bonds is 4. The molecule has 8 heteroatoms. The Kier molecular flexibility index (Phi) is 4.97. The van der Waals surface area contributed by atoms with Crippen LogP contribution in [0.2, 0.25) is 5.02 Å². The number of aromatic nitrogens is 3. The van der Waals surface area contributed by atoms with Gasteiger partial charge in [0.05, 0.1) is 11.2 Å². The third kappa shape index (κ3) is 3.95. The summed E-state index contributed by atoms with van der Waals surface area (Å²) in [6, 6.07) is 14.4. The van der Waals surface area contributed by atoms with Crippen molar-refractivity contribution >= 4 is 40.5 Å². The molecule has 1 aromatic carbocycles. The van der Waals surface area contributed by atoms with Crippen LogP contribution in [-0.4, -0.2) is 26.1 Å². The number of fused-ring (bicyclic) bond motifs is 1. The Morgan fingerprint density at radius 2 is 2.00 bits per heavy atom. The molecule has 4 aromatic rings. The van der Waals surface area contributed by atoms with Crippen LogP contribution < -0.4 is 11.1 Å². The van der Waals surface area contributed by atoms with Crippen molar-refractivity contribution in [2.24, 2.45) is 10.7 Å². The molecule has 144 valence electrons. The second-order valence-electron chi connectivity index (χ2n) is 6.39. The zero-order chi connectivity index (χ0) is 20.4. The number of hydrogen-bond donors (Lipinski definition) is 2. The summed E-state index contributed by atoms with van der Waals surface area (Å²) < 4.78 is 1.73. The average molecular weight is 405 g/mol. The second-order valence-corrected chi connectivity index (χ2v) is 6.82. The number of carbonyl (C=O) groups excluding carboxylic acids is 1. The molecule has 0 bridgehead atoms. The average Bonchev–Trinajstić information content (AvgIpc) is 3.15. The first-order chi connectivity index (χ1) is 14.0. The molecule has 3 heterocycles. The highest BCUT2D eigenvalue weighted by molar-refractivity contribution is 6.30. The van der Waals surface area contributed by atoms with Gasteiger partial charge in [-0.05, 0) is 42.8 Å². The number of aryl methyl sites for hydroxylation is 1. The van der Waals surface area contributed by atoms with Crippen LogP contribution in [0.4, 0.5) is 11.5 Å². The summed E-state index contributed by atoms with van der Waals surface area (Å²) in [6.45, 7) is 1.90. The largest absolute Gasteiger partial charge is 0.383 e. The minimum Gasteiger partial charge on any atom is -0.383 e. The van der Waals surface area contributed by atoms with E-state index in [0.29, 0.717) is 33.4 Å². The molecule has 3 N–H and O–H groups in total. The number of nitrogens with one attached hydrogen (secondary N) is 1. The van der Waals surface area contributed by atoms with Gasteiger partial charge in [0, 0.05) is 23.6 Å². The molecule has 0 spiro atoms. The monoisotopic (exact) mass is 404 g/mol. The Hall–Kier alpha value is -3.71. The molecule has 0 aliphatic carbocycles. The summed E-state index contributed by atoms with van der Waals surface area (Å²) in [6.07, 6.45) is 4.85. The molecule has 0 saturated carbocycles. The van der Waals surface area contributed by atoms with Gasteiger partial charge in [0.2, 0.25) is 0 Å². The lowest BCUT2D eigenvalue weighted by atomic mass is 10.1. The van der Waals surface area contributed by atoms with Crippen molar-refractivity contribution in [3.8, 4) is 0 Å². The zero-order valence-corrected chi connectivity index (χ0v) is 16.3. The van der Waals surface area contributed by atoms with E-state index in [1.807, 2.05) is 37.3 Å². The van der Waals surface area contributed by atoms with Crippen molar-refractivity contribution in [2.45, 2.75) is 6.92 Å². The molecule has 3 aromatic heterocycles. The van der Waals surface area contributed by atoms with Gasteiger partial charge in [-0.2, -0.15) is 0 Å². The van der Waals surface area contributed by atoms with Crippen LogP contribution in [-0.2, 0) is 0 Å². The Labute approximate surface area is 171 Å². The number of anilines is 1. The maximum absolute atomic E-state index is 12.8. The minimum atomic E-state index is -0.265. The fourth-order valence-corrected chi connectivity index (χ4v) is 2.94. The maximum Gasteiger partial charge on any atom is 0.274 e. The Balaban J connectivity index is 1.61. The van der Waals surface area contributed by atoms with Gasteiger partial charge in [-0.15, -0.1) is 0 Å². The summed E-state index contributed by atoms with van der Waals surface area (Å²) in [5.74, 6) is 0.466. The second kappa shape index (κ2) is 7.73. The van der Waals surface area contributed by atoms with Crippen molar-refractivity contribution in [3.05, 3.63) is 89.0 Å². The predicted molar refractivity (Wildman–Crippen MR) is 114 cm³/mol. The van der Waals surface area contributed by atoms with Gasteiger partial charge in [0.1, 0.15) is 17.2 Å². The summed E-state index contributed by atoms with van der Waals surface area (Å²) in [7, 11) is 0. The van der Waals surface area contributed by atoms with Gasteiger partial charge < -0.3 is 11.1 Å². The van der Waals surface area contributed by atoms with Crippen molar-refractivity contribution in [3.63, 3.8) is 0 Å². The Morgan fingerprint density at radius 3 is 2.79 bits per heavy atom. The summed E-state index contributed by atoms with van der Waals surface area (Å²) in [5, 5.41) is 3.45. The third-order valence-corrected chi connectivity index (χ3v) is 4.60. The number of carbonyl (C=O) groups is 1. The van der Waals surface area contributed by atoms with Crippen LogP contribution in [0, 0.1) is 6.92 Å². The lowest BCUT2D eigenvalue weighted by Crippen LogP contribution is -2.17. The number of nitrogens with zero attached hydrogens (tertiary/aromatic N) is 4. The molecule has 0 aliphatic rings. The highest BCUT2D eigenvalue weighted by Gasteiger charge is 2.14. The number of halogens is 1. The number of nitrogens with two attached hydrogens (primary N) is 1. The first kappa shape index (κ1) is 18.6. The number of benzene rings is 1. The molecular formula is C21H17ClN6O. The van der Waals surface area contributed by atoms with Gasteiger partial charge in [-0.1, -0.05) is 29.8 Å². The summed E-state index contributed by atoms with van der Waals surface area (Å²) >= 11 is 5.84. The number of pyridine rings is 2. The van der Waals surface area contributed by atoms with Crippen LogP contribution in [0.1, 0.15) is 21.6 Å². The SMILES string of the molecule is Cc1ccc(C(N)=Nc2ccc(Cl)cn2)cc1NC(=O)c1cnc2ccccn12. The van der Waals surface area contributed by atoms with Gasteiger partial charge in [0.25, 0.3) is 5.91 Å². The number of aliphatic imine (C=N–C) groups is 1. The molecule has 0 fully saturated rings. The van der Waals surface area contributed by atoms with Crippen molar-refractivity contribution in [1.29, 1.82) is 0 Å². The molecule has 1 amide bonds. The molecule has 0 radical (unpaired) electrons. The predicted octanol–water partition coefficient (Wildman–Crippen LogP) is 3.98. The van der Waals surface area contributed by atoms with Crippen LogP contribution in [0.5, 0.6) is 0 Å². The highest BCUT2D eigenvalue weighted by Crippen LogP contribution is 2.20. The lowest BCUT2D eigenvalue weighted by Gasteiger charge is -2.10. The molecule has 0 aliphatic heterocycles. The smallest absolute Gasteiger partial charge is 0.274 e. The van der Waals surface area contributed by atoms with E-state index in [-0.39, 0.29) is 11.7 Å². The Morgan fingerprint density at radius 1 is 1.14 bits per heavy atom. The van der Waals surface area contributed by atoms with E-state index in [9.17, 15) is 4.79 Å². The molecule has 29 heavy (non-hydrogen) atoms. The van der Waals surface area contributed by atoms with Gasteiger partial charge >= 0.3 is 0 Å². The maximum atomic E-state index is 12.8. The van der Waals surface area contributed by atoms with E-state index in [1.165, 1.54) is 6.20 Å². The number of amidine groups is 1. The third-order valence-electron chi connectivity index (χ3n) is 4.38. The van der Waals surface area contributed by atoms with Gasteiger partial charge in [-0.25, -0.2) is 15.0 Å². The molecule has 4 rings (SSSR count). The number of imidazole rings is 1. The van der Waals surface area contributed by atoms with Crippen molar-refractivity contribution < 1.29 is 4.79 Å². The zero-order valence-electron chi connectivity index (χ0n) is 15.5. The topological polar surface area (TPSA) is 97.7 Å². The molecule has 7 nitrogen and oxygen atoms in total. The van der Waals surface area contributed by atoms with E-state index < -0.39 is 0 Å². The van der Waals surface area contributed by atoms with E-state index in [2.05, 4.69) is 20.3 Å². The quantitative estimate of drug-likeness (QED) is 0.397. The van der Waals surface area contributed by atoms with E-state index >= 15 is 0 Å². The lowest BCUT2D eigenvalue weighted by molar-refractivity contribution is 0.102. The first-order valence-electron chi connectivity index (χ1n) is 8.81. The van der Waals surface area contributed by atoms with Crippen molar-refractivity contribution in [2.75, 3.05) is 5.32 Å². The van der Waals surface area contributed by atoms with E-state index in [1.54, 1.807) is 35.0 Å². The molecule has 0 atom stereocenters. The highest BCUT2D eigenvalue weighted by atomic mass is 35.5. The van der Waals surface area contributed by atoms with Crippen LogP contribution in [0.25, 0.3) is 5.65 Å². The van der Waals surface area contributed by atoms with Crippen LogP contribution >= 0.6 is 11.6 Å². The van der Waals surface area contributed by atoms with E-state index in [4.69, 9.17) is 17.3 Å². The van der Waals surface area contributed by atoms with Gasteiger partial charge in [0.15, 0.2) is 5.82 Å². The van der Waals surface area contributed by atoms with Gasteiger partial charge in [-0.3, -0.25) is 9.20 Å².